The second-order valence-corrected chi connectivity index (χ2v) is 7.62. The molecule has 0 radical (unpaired) electrons. The molecule has 128 valence electrons. The molecule has 8 heteroatoms. The Morgan fingerprint density at radius 1 is 1.32 bits per heavy atom. The Morgan fingerprint density at radius 2 is 2.24 bits per heavy atom. The van der Waals surface area contributed by atoms with Crippen LogP contribution in [0.15, 0.2) is 41.6 Å². The van der Waals surface area contributed by atoms with Gasteiger partial charge in [0.05, 0.1) is 15.2 Å². The van der Waals surface area contributed by atoms with Gasteiger partial charge < -0.3 is 15.5 Å². The van der Waals surface area contributed by atoms with E-state index in [2.05, 4.69) is 27.2 Å². The molecular formula is C17H17N5OS2. The smallest absolute Gasteiger partial charge is 0.246 e. The number of rotatable bonds is 5. The molecule has 1 amide bonds. The molecule has 4 rings (SSSR count). The normalized spacial score (nSPS) is 17.0. The van der Waals surface area contributed by atoms with Gasteiger partial charge in [-0.2, -0.15) is 4.98 Å². The number of fused-ring (bicyclic) bond motifs is 1. The van der Waals surface area contributed by atoms with Crippen LogP contribution in [0.3, 0.4) is 0 Å². The van der Waals surface area contributed by atoms with Crippen molar-refractivity contribution in [2.75, 3.05) is 23.7 Å². The molecule has 1 aliphatic rings. The number of carbonyl (C=O) groups excluding carboxylic acids is 1. The van der Waals surface area contributed by atoms with Crippen molar-refractivity contribution in [1.29, 1.82) is 0 Å². The summed E-state index contributed by atoms with van der Waals surface area (Å²) in [7, 11) is 0. The van der Waals surface area contributed by atoms with Gasteiger partial charge in [0.15, 0.2) is 0 Å². The minimum atomic E-state index is -0.0201. The lowest BCUT2D eigenvalue weighted by Gasteiger charge is -2.16. The summed E-state index contributed by atoms with van der Waals surface area (Å²) in [6, 6.07) is 6.15. The molecule has 2 N–H and O–H groups in total. The lowest BCUT2D eigenvalue weighted by molar-refractivity contribution is -0.125. The van der Waals surface area contributed by atoms with E-state index < -0.39 is 0 Å². The Hall–Kier alpha value is -2.45. The predicted octanol–water partition coefficient (Wildman–Crippen LogP) is 3.70. The third-order valence-corrected chi connectivity index (χ3v) is 5.77. The zero-order valence-electron chi connectivity index (χ0n) is 13.4. The highest BCUT2D eigenvalue weighted by molar-refractivity contribution is 7.17. The van der Waals surface area contributed by atoms with Crippen molar-refractivity contribution in [3.05, 3.63) is 41.6 Å². The van der Waals surface area contributed by atoms with Crippen LogP contribution in [-0.4, -0.2) is 39.9 Å². The van der Waals surface area contributed by atoms with Crippen molar-refractivity contribution in [3.63, 3.8) is 0 Å². The van der Waals surface area contributed by atoms with Gasteiger partial charge in [0.1, 0.15) is 5.82 Å². The Labute approximate surface area is 153 Å². The third kappa shape index (κ3) is 3.35. The SMILES string of the molecule is C=CC(=O)N1CC[C@@H](Nc2nc(Nc3cccs3)nc3ccsc23)C1. The molecule has 0 aromatic carbocycles. The minimum Gasteiger partial charge on any atom is -0.364 e. The number of carbonyl (C=O) groups is 1. The number of amides is 1. The van der Waals surface area contributed by atoms with Crippen LogP contribution >= 0.6 is 22.7 Å². The van der Waals surface area contributed by atoms with E-state index >= 15 is 0 Å². The summed E-state index contributed by atoms with van der Waals surface area (Å²) >= 11 is 3.22. The molecule has 0 saturated carbocycles. The summed E-state index contributed by atoms with van der Waals surface area (Å²) in [5.74, 6) is 1.37. The maximum absolute atomic E-state index is 11.8. The van der Waals surface area contributed by atoms with Gasteiger partial charge in [-0.25, -0.2) is 4.98 Å². The first kappa shape index (κ1) is 16.0. The molecule has 0 unspecified atom stereocenters. The van der Waals surface area contributed by atoms with Crippen LogP contribution in [0.5, 0.6) is 0 Å². The first-order valence-corrected chi connectivity index (χ1v) is 9.72. The number of likely N-dealkylation sites (tertiary alicyclic amines) is 1. The summed E-state index contributed by atoms with van der Waals surface area (Å²) in [5.41, 5.74) is 0.915. The first-order valence-electron chi connectivity index (χ1n) is 7.96. The van der Waals surface area contributed by atoms with Crippen LogP contribution in [0, 0.1) is 0 Å². The monoisotopic (exact) mass is 371 g/mol. The van der Waals surface area contributed by atoms with Crippen LogP contribution in [0.25, 0.3) is 10.2 Å². The van der Waals surface area contributed by atoms with Gasteiger partial charge in [-0.3, -0.25) is 4.79 Å². The summed E-state index contributed by atoms with van der Waals surface area (Å²) < 4.78 is 1.03. The van der Waals surface area contributed by atoms with Crippen molar-refractivity contribution >= 4 is 55.6 Å². The predicted molar refractivity (Wildman–Crippen MR) is 104 cm³/mol. The highest BCUT2D eigenvalue weighted by atomic mass is 32.1. The Bertz CT molecular complexity index is 905. The zero-order chi connectivity index (χ0) is 17.2. The van der Waals surface area contributed by atoms with E-state index in [1.165, 1.54) is 6.08 Å². The zero-order valence-corrected chi connectivity index (χ0v) is 15.1. The van der Waals surface area contributed by atoms with E-state index in [9.17, 15) is 4.79 Å². The highest BCUT2D eigenvalue weighted by Gasteiger charge is 2.25. The topological polar surface area (TPSA) is 70.2 Å². The molecule has 0 spiro atoms. The minimum absolute atomic E-state index is 0.0201. The number of thiophene rings is 2. The largest absolute Gasteiger partial charge is 0.364 e. The Kier molecular flexibility index (Phi) is 4.37. The van der Waals surface area contributed by atoms with E-state index in [1.807, 2.05) is 33.9 Å². The van der Waals surface area contributed by atoms with Gasteiger partial charge in [0.2, 0.25) is 11.9 Å². The van der Waals surface area contributed by atoms with Gasteiger partial charge in [0.25, 0.3) is 0 Å². The van der Waals surface area contributed by atoms with Gasteiger partial charge in [-0.05, 0) is 41.5 Å². The molecule has 6 nitrogen and oxygen atoms in total. The Balaban J connectivity index is 1.57. The van der Waals surface area contributed by atoms with Crippen molar-refractivity contribution in [1.82, 2.24) is 14.9 Å². The van der Waals surface area contributed by atoms with Crippen molar-refractivity contribution in [2.24, 2.45) is 0 Å². The second-order valence-electron chi connectivity index (χ2n) is 5.75. The lowest BCUT2D eigenvalue weighted by Crippen LogP contribution is -2.30. The van der Waals surface area contributed by atoms with Crippen molar-refractivity contribution in [2.45, 2.75) is 12.5 Å². The van der Waals surface area contributed by atoms with Crippen LogP contribution in [0.1, 0.15) is 6.42 Å². The molecule has 4 heterocycles. The quantitative estimate of drug-likeness (QED) is 0.669. The van der Waals surface area contributed by atoms with Crippen molar-refractivity contribution < 1.29 is 4.79 Å². The molecule has 1 fully saturated rings. The highest BCUT2D eigenvalue weighted by Crippen LogP contribution is 2.30. The maximum Gasteiger partial charge on any atom is 0.246 e. The number of nitrogens with zero attached hydrogens (tertiary/aromatic N) is 3. The number of nitrogens with one attached hydrogen (secondary N) is 2. The molecule has 1 aliphatic heterocycles. The average molecular weight is 371 g/mol. The van der Waals surface area contributed by atoms with E-state index in [4.69, 9.17) is 0 Å². The molecule has 1 atom stereocenters. The molecule has 25 heavy (non-hydrogen) atoms. The summed E-state index contributed by atoms with van der Waals surface area (Å²) in [4.78, 5) is 22.8. The van der Waals surface area contributed by atoms with Crippen LogP contribution < -0.4 is 10.6 Å². The van der Waals surface area contributed by atoms with E-state index in [0.29, 0.717) is 12.5 Å². The number of aromatic nitrogens is 2. The molecule has 3 aromatic rings. The fourth-order valence-corrected chi connectivity index (χ4v) is 4.27. The third-order valence-electron chi connectivity index (χ3n) is 4.08. The van der Waals surface area contributed by atoms with E-state index in [0.717, 1.165) is 34.0 Å². The second kappa shape index (κ2) is 6.81. The molecule has 0 bridgehead atoms. The lowest BCUT2D eigenvalue weighted by atomic mass is 10.2. The fraction of sp³-hybridized carbons (Fsp3) is 0.235. The fourth-order valence-electron chi connectivity index (χ4n) is 2.88. The van der Waals surface area contributed by atoms with Gasteiger partial charge >= 0.3 is 0 Å². The summed E-state index contributed by atoms with van der Waals surface area (Å²) in [6.07, 6.45) is 2.26. The molecule has 0 aliphatic carbocycles. The van der Waals surface area contributed by atoms with Gasteiger partial charge in [-0.15, -0.1) is 22.7 Å². The number of hydrogen-bond donors (Lipinski definition) is 2. The Morgan fingerprint density at radius 3 is 3.04 bits per heavy atom. The van der Waals surface area contributed by atoms with E-state index in [1.54, 1.807) is 22.7 Å². The van der Waals surface area contributed by atoms with Crippen LogP contribution in [0.2, 0.25) is 0 Å². The number of hydrogen-bond acceptors (Lipinski definition) is 7. The maximum atomic E-state index is 11.8. The molecule has 3 aromatic heterocycles. The average Bonchev–Trinajstić information content (AvgIpc) is 3.35. The van der Waals surface area contributed by atoms with Gasteiger partial charge in [0, 0.05) is 19.1 Å². The summed E-state index contributed by atoms with van der Waals surface area (Å²) in [6.45, 7) is 4.96. The summed E-state index contributed by atoms with van der Waals surface area (Å²) in [5, 5.41) is 11.8. The van der Waals surface area contributed by atoms with Crippen LogP contribution in [0.4, 0.5) is 16.8 Å². The van der Waals surface area contributed by atoms with Gasteiger partial charge in [-0.1, -0.05) is 6.58 Å². The number of anilines is 3. The standard InChI is InChI=1S/C17H17N5OS2/c1-2-14(23)22-7-5-11(10-22)18-16-15-12(6-9-25-15)19-17(21-16)20-13-4-3-8-24-13/h2-4,6,8-9,11H,1,5,7,10H2,(H2,18,19,20,21)/t11-/m1/s1. The van der Waals surface area contributed by atoms with Crippen LogP contribution in [-0.2, 0) is 4.79 Å². The van der Waals surface area contributed by atoms with Crippen molar-refractivity contribution in [3.8, 4) is 0 Å². The first-order chi connectivity index (χ1) is 12.2. The van der Waals surface area contributed by atoms with E-state index in [-0.39, 0.29) is 11.9 Å². The molecule has 1 saturated heterocycles. The molecular weight excluding hydrogens is 354 g/mol.